The van der Waals surface area contributed by atoms with Crippen LogP contribution in [0.4, 0.5) is 11.4 Å². The first kappa shape index (κ1) is 27.1. The van der Waals surface area contributed by atoms with E-state index in [2.05, 4.69) is 76.9 Å². The van der Waals surface area contributed by atoms with Crippen LogP contribution < -0.4 is 15.1 Å². The van der Waals surface area contributed by atoms with Gasteiger partial charge in [0.05, 0.1) is 39.2 Å². The quantitative estimate of drug-likeness (QED) is 0.237. The highest BCUT2D eigenvalue weighted by Gasteiger charge is 2.42. The van der Waals surface area contributed by atoms with Crippen LogP contribution in [0.15, 0.2) is 72.9 Å². The molecule has 2 fully saturated rings. The van der Waals surface area contributed by atoms with Gasteiger partial charge in [-0.05, 0) is 98.9 Å². The molecule has 0 bridgehead atoms. The fraction of sp³-hybridized carbons (Fsp3) is 0.312. The van der Waals surface area contributed by atoms with Crippen LogP contribution in [-0.2, 0) is 0 Å². The number of hydrogen-bond acceptors (Lipinski definition) is 3. The normalized spacial score (nSPS) is 19.8. The molecule has 2 atom stereocenters. The molecular formula is C32H33Cl2N5S. The highest BCUT2D eigenvalue weighted by Crippen LogP contribution is 2.45. The standard InChI is InChI=1S/C32H33Cl2N5S/c1-20-13-16-37(17-14-20)28-12-11-23(19-26(28)34)39-31(30(36-32(39)40)27-9-6-7-15-35-27)24-18-21(2)38(22(24)3)29-10-5-4-8-25(29)33/h4-12,15,18-20,30-31H,13-14,16-17H2,1-3H3,(H,36,40)/t30-,31+/m1/s1. The second-order valence-corrected chi connectivity index (χ2v) is 12.1. The Bertz CT molecular complexity index is 1540. The third-order valence-electron chi connectivity index (χ3n) is 8.31. The summed E-state index contributed by atoms with van der Waals surface area (Å²) in [6.45, 7) is 8.65. The summed E-state index contributed by atoms with van der Waals surface area (Å²) in [5, 5.41) is 5.69. The number of aromatic nitrogens is 2. The van der Waals surface area contributed by atoms with Gasteiger partial charge in [-0.25, -0.2) is 0 Å². The van der Waals surface area contributed by atoms with Gasteiger partial charge in [-0.2, -0.15) is 0 Å². The first-order chi connectivity index (χ1) is 19.3. The van der Waals surface area contributed by atoms with E-state index in [1.54, 1.807) is 0 Å². The molecule has 6 rings (SSSR count). The number of halogens is 2. The van der Waals surface area contributed by atoms with Crippen molar-refractivity contribution in [1.29, 1.82) is 0 Å². The van der Waals surface area contributed by atoms with Crippen molar-refractivity contribution in [2.45, 2.75) is 45.7 Å². The number of rotatable bonds is 5. The zero-order valence-electron chi connectivity index (χ0n) is 22.9. The molecule has 1 N–H and O–H groups in total. The molecule has 0 aliphatic carbocycles. The van der Waals surface area contributed by atoms with Gasteiger partial charge in [0.25, 0.3) is 0 Å². The summed E-state index contributed by atoms with van der Waals surface area (Å²) in [6, 6.07) is 22.3. The Morgan fingerprint density at radius 1 is 0.900 bits per heavy atom. The van der Waals surface area contributed by atoms with Gasteiger partial charge in [-0.15, -0.1) is 0 Å². The van der Waals surface area contributed by atoms with Crippen molar-refractivity contribution in [2.24, 2.45) is 5.92 Å². The molecule has 5 nitrogen and oxygen atoms in total. The van der Waals surface area contributed by atoms with Gasteiger partial charge in [0.1, 0.15) is 0 Å². The number of nitrogens with one attached hydrogen (secondary N) is 1. The number of para-hydroxylation sites is 1. The number of benzene rings is 2. The molecule has 8 heteroatoms. The number of nitrogens with zero attached hydrogens (tertiary/aromatic N) is 4. The Morgan fingerprint density at radius 2 is 1.65 bits per heavy atom. The predicted molar refractivity (Wildman–Crippen MR) is 170 cm³/mol. The third-order valence-corrected chi connectivity index (χ3v) is 9.25. The van der Waals surface area contributed by atoms with Crippen LogP contribution in [0.25, 0.3) is 5.69 Å². The lowest BCUT2D eigenvalue weighted by atomic mass is 9.96. The van der Waals surface area contributed by atoms with E-state index >= 15 is 0 Å². The highest BCUT2D eigenvalue weighted by atomic mass is 35.5. The minimum atomic E-state index is -0.143. The van der Waals surface area contributed by atoms with Crippen LogP contribution in [0.3, 0.4) is 0 Å². The lowest BCUT2D eigenvalue weighted by Crippen LogP contribution is -2.33. The van der Waals surface area contributed by atoms with Gasteiger partial charge < -0.3 is 19.7 Å². The SMILES string of the molecule is Cc1cc([C@H]2[C@@H](c3ccccn3)NC(=S)N2c2ccc(N3CCC(C)CC3)c(Cl)c2)c(C)n1-c1ccccc1Cl. The van der Waals surface area contributed by atoms with Crippen molar-refractivity contribution < 1.29 is 0 Å². The Hall–Kier alpha value is -3.06. The van der Waals surface area contributed by atoms with E-state index in [-0.39, 0.29) is 12.1 Å². The average Bonchev–Trinajstić information content (AvgIpc) is 3.45. The monoisotopic (exact) mass is 589 g/mol. The summed E-state index contributed by atoms with van der Waals surface area (Å²) in [7, 11) is 0. The van der Waals surface area contributed by atoms with Crippen LogP contribution in [0, 0.1) is 19.8 Å². The van der Waals surface area contributed by atoms with Crippen molar-refractivity contribution in [3.8, 4) is 5.69 Å². The number of aryl methyl sites for hydroxylation is 1. The molecular weight excluding hydrogens is 557 g/mol. The number of anilines is 2. The summed E-state index contributed by atoms with van der Waals surface area (Å²) in [5.41, 5.74) is 7.32. The summed E-state index contributed by atoms with van der Waals surface area (Å²) >= 11 is 19.6. The van der Waals surface area contributed by atoms with Gasteiger partial charge in [0.15, 0.2) is 5.11 Å². The minimum Gasteiger partial charge on any atom is -0.370 e. The molecule has 2 aromatic carbocycles. The van der Waals surface area contributed by atoms with Crippen molar-refractivity contribution in [2.75, 3.05) is 22.9 Å². The number of thiocarbonyl (C=S) groups is 1. The fourth-order valence-corrected chi connectivity index (χ4v) is 7.05. The molecule has 4 heterocycles. The smallest absolute Gasteiger partial charge is 0.174 e. The van der Waals surface area contributed by atoms with Gasteiger partial charge in [0, 0.05) is 36.4 Å². The first-order valence-electron chi connectivity index (χ1n) is 13.8. The van der Waals surface area contributed by atoms with Gasteiger partial charge in [-0.3, -0.25) is 4.98 Å². The Morgan fingerprint density at radius 3 is 2.35 bits per heavy atom. The van der Waals surface area contributed by atoms with Crippen LogP contribution in [0.1, 0.15) is 54.5 Å². The van der Waals surface area contributed by atoms with E-state index in [1.807, 2.05) is 36.5 Å². The van der Waals surface area contributed by atoms with E-state index in [0.29, 0.717) is 10.1 Å². The van der Waals surface area contributed by atoms with Crippen LogP contribution in [0.2, 0.25) is 10.0 Å². The maximum absolute atomic E-state index is 6.97. The molecule has 0 unspecified atom stereocenters. The summed E-state index contributed by atoms with van der Waals surface area (Å²) in [4.78, 5) is 9.32. The number of piperidine rings is 1. The number of hydrogen-bond donors (Lipinski definition) is 1. The van der Waals surface area contributed by atoms with Gasteiger partial charge in [0.2, 0.25) is 0 Å². The van der Waals surface area contributed by atoms with Crippen molar-refractivity contribution in [3.05, 3.63) is 106 Å². The van der Waals surface area contributed by atoms with E-state index in [0.717, 1.165) is 63.7 Å². The molecule has 2 aliphatic rings. The van der Waals surface area contributed by atoms with Crippen molar-refractivity contribution in [1.82, 2.24) is 14.9 Å². The molecule has 0 radical (unpaired) electrons. The Kier molecular flexibility index (Phi) is 7.51. The fourth-order valence-electron chi connectivity index (χ4n) is 6.19. The van der Waals surface area contributed by atoms with Crippen LogP contribution >= 0.6 is 35.4 Å². The largest absolute Gasteiger partial charge is 0.370 e. The van der Waals surface area contributed by atoms with Crippen molar-refractivity contribution in [3.63, 3.8) is 0 Å². The number of pyridine rings is 1. The Balaban J connectivity index is 1.45. The molecule has 2 aromatic heterocycles. The second kappa shape index (κ2) is 11.1. The predicted octanol–water partition coefficient (Wildman–Crippen LogP) is 8.21. The molecule has 0 spiro atoms. The van der Waals surface area contributed by atoms with E-state index in [4.69, 9.17) is 40.4 Å². The van der Waals surface area contributed by atoms with Gasteiger partial charge in [-0.1, -0.05) is 48.3 Å². The van der Waals surface area contributed by atoms with E-state index < -0.39 is 0 Å². The van der Waals surface area contributed by atoms with Crippen LogP contribution in [-0.4, -0.2) is 27.8 Å². The summed E-state index contributed by atoms with van der Waals surface area (Å²) < 4.78 is 2.22. The van der Waals surface area contributed by atoms with E-state index in [1.165, 1.54) is 12.8 Å². The lowest BCUT2D eigenvalue weighted by molar-refractivity contribution is 0.438. The molecule has 40 heavy (non-hydrogen) atoms. The Labute approximate surface area is 251 Å². The average molecular weight is 591 g/mol. The van der Waals surface area contributed by atoms with E-state index in [9.17, 15) is 0 Å². The maximum Gasteiger partial charge on any atom is 0.174 e. The molecule has 0 amide bonds. The van der Waals surface area contributed by atoms with Gasteiger partial charge >= 0.3 is 0 Å². The highest BCUT2D eigenvalue weighted by molar-refractivity contribution is 7.80. The second-order valence-electron chi connectivity index (χ2n) is 10.9. The molecule has 2 aliphatic heterocycles. The molecule has 206 valence electrons. The molecule has 2 saturated heterocycles. The van der Waals surface area contributed by atoms with Crippen molar-refractivity contribution >= 4 is 51.9 Å². The van der Waals surface area contributed by atoms with Crippen LogP contribution in [0.5, 0.6) is 0 Å². The third kappa shape index (κ3) is 4.87. The lowest BCUT2D eigenvalue weighted by Gasteiger charge is -2.33. The minimum absolute atomic E-state index is 0.136. The molecule has 4 aromatic rings. The first-order valence-corrected chi connectivity index (χ1v) is 15.0. The zero-order chi connectivity index (χ0) is 28.0. The summed E-state index contributed by atoms with van der Waals surface area (Å²) in [6.07, 6.45) is 4.21. The topological polar surface area (TPSA) is 36.3 Å². The molecule has 0 saturated carbocycles. The maximum atomic E-state index is 6.97. The summed E-state index contributed by atoms with van der Waals surface area (Å²) in [5.74, 6) is 0.761. The zero-order valence-corrected chi connectivity index (χ0v) is 25.3.